The molecule has 1 aromatic rings. The zero-order chi connectivity index (χ0) is 12.3. The lowest BCUT2D eigenvalue weighted by atomic mass is 9.75. The lowest BCUT2D eigenvalue weighted by Gasteiger charge is -2.38. The van der Waals surface area contributed by atoms with Crippen molar-refractivity contribution in [3.63, 3.8) is 0 Å². The van der Waals surface area contributed by atoms with Gasteiger partial charge in [0.2, 0.25) is 0 Å². The van der Waals surface area contributed by atoms with Gasteiger partial charge in [-0.15, -0.1) is 0 Å². The van der Waals surface area contributed by atoms with Crippen molar-refractivity contribution in [2.45, 2.75) is 59.0 Å². The zero-order valence-electron chi connectivity index (χ0n) is 11.3. The van der Waals surface area contributed by atoms with Crippen LogP contribution in [-0.2, 0) is 6.42 Å². The maximum absolute atomic E-state index is 6.17. The molecule has 0 spiro atoms. The lowest BCUT2D eigenvalue weighted by molar-refractivity contribution is 0.0339. The van der Waals surface area contributed by atoms with Crippen molar-refractivity contribution in [2.24, 2.45) is 5.41 Å². The Balaban J connectivity index is 2.03. The molecule has 0 bridgehead atoms. The first kappa shape index (κ1) is 12.5. The number of ether oxygens (including phenoxy) is 1. The van der Waals surface area contributed by atoms with Crippen molar-refractivity contribution in [3.8, 4) is 5.75 Å². The van der Waals surface area contributed by atoms with Crippen molar-refractivity contribution < 1.29 is 4.74 Å². The first-order valence-electron chi connectivity index (χ1n) is 6.87. The van der Waals surface area contributed by atoms with Crippen LogP contribution in [0.5, 0.6) is 5.75 Å². The highest BCUT2D eigenvalue weighted by Crippen LogP contribution is 2.37. The van der Waals surface area contributed by atoms with Crippen LogP contribution in [0.3, 0.4) is 0 Å². The van der Waals surface area contributed by atoms with Gasteiger partial charge in [-0.3, -0.25) is 0 Å². The minimum Gasteiger partial charge on any atom is -0.490 e. The minimum atomic E-state index is 0.321. The Bertz CT molecular complexity index is 350. The van der Waals surface area contributed by atoms with Crippen molar-refractivity contribution >= 4 is 0 Å². The Hall–Kier alpha value is -0.980. The van der Waals surface area contributed by atoms with Gasteiger partial charge in [0.1, 0.15) is 11.9 Å². The molecule has 2 rings (SSSR count). The summed E-state index contributed by atoms with van der Waals surface area (Å²) in [5.74, 6) is 1.03. The molecule has 0 radical (unpaired) electrons. The second kappa shape index (κ2) is 5.12. The van der Waals surface area contributed by atoms with Crippen molar-refractivity contribution in [2.75, 3.05) is 0 Å². The molecule has 1 atom stereocenters. The summed E-state index contributed by atoms with van der Waals surface area (Å²) in [4.78, 5) is 0. The third kappa shape index (κ3) is 3.02. The van der Waals surface area contributed by atoms with Gasteiger partial charge in [-0.05, 0) is 43.4 Å². The maximum Gasteiger partial charge on any atom is 0.119 e. The second-order valence-electron chi connectivity index (χ2n) is 5.84. The molecule has 1 aromatic carbocycles. The summed E-state index contributed by atoms with van der Waals surface area (Å²) < 4.78 is 6.17. The molecule has 1 nitrogen and oxygen atoms in total. The number of hydrogen-bond acceptors (Lipinski definition) is 1. The molecule has 1 saturated carbocycles. The van der Waals surface area contributed by atoms with E-state index < -0.39 is 0 Å². The number of aryl methyl sites for hydroxylation is 1. The molecule has 0 aliphatic heterocycles. The third-order valence-electron chi connectivity index (χ3n) is 4.02. The van der Waals surface area contributed by atoms with Crippen LogP contribution in [0.15, 0.2) is 24.3 Å². The van der Waals surface area contributed by atoms with Crippen LogP contribution in [0.2, 0.25) is 0 Å². The second-order valence-corrected chi connectivity index (χ2v) is 5.84. The Morgan fingerprint density at radius 2 is 1.88 bits per heavy atom. The molecule has 1 unspecified atom stereocenters. The fourth-order valence-corrected chi connectivity index (χ4v) is 2.65. The topological polar surface area (TPSA) is 9.23 Å². The van der Waals surface area contributed by atoms with Crippen LogP contribution in [-0.4, -0.2) is 6.10 Å². The van der Waals surface area contributed by atoms with E-state index in [1.165, 1.54) is 31.2 Å². The standard InChI is InChI=1S/C16H24O/c1-4-13-8-10-14(11-9-13)17-15-7-5-6-12-16(15,2)3/h8-11,15H,4-7,12H2,1-3H3. The zero-order valence-corrected chi connectivity index (χ0v) is 11.3. The summed E-state index contributed by atoms with van der Waals surface area (Å²) in [6.45, 7) is 6.84. The Labute approximate surface area is 105 Å². The summed E-state index contributed by atoms with van der Waals surface area (Å²) >= 11 is 0. The van der Waals surface area contributed by atoms with Crippen molar-refractivity contribution in [1.29, 1.82) is 0 Å². The first-order chi connectivity index (χ1) is 8.12. The average Bonchev–Trinajstić information content (AvgIpc) is 2.33. The first-order valence-corrected chi connectivity index (χ1v) is 6.87. The molecule has 1 fully saturated rings. The third-order valence-corrected chi connectivity index (χ3v) is 4.02. The molecular weight excluding hydrogens is 208 g/mol. The summed E-state index contributed by atoms with van der Waals surface area (Å²) in [6.07, 6.45) is 6.61. The normalized spacial score (nSPS) is 23.4. The van der Waals surface area contributed by atoms with Gasteiger partial charge in [0.15, 0.2) is 0 Å². The van der Waals surface area contributed by atoms with Gasteiger partial charge in [-0.2, -0.15) is 0 Å². The molecule has 0 amide bonds. The van der Waals surface area contributed by atoms with E-state index in [1.807, 2.05) is 0 Å². The fourth-order valence-electron chi connectivity index (χ4n) is 2.65. The average molecular weight is 232 g/mol. The predicted octanol–water partition coefficient (Wildman–Crippen LogP) is 4.60. The van der Waals surface area contributed by atoms with Gasteiger partial charge in [0.25, 0.3) is 0 Å². The predicted molar refractivity (Wildman–Crippen MR) is 72.5 cm³/mol. The number of rotatable bonds is 3. The summed E-state index contributed by atoms with van der Waals surface area (Å²) in [6, 6.07) is 8.57. The van der Waals surface area contributed by atoms with E-state index in [-0.39, 0.29) is 0 Å². The summed E-state index contributed by atoms with van der Waals surface area (Å²) in [5, 5.41) is 0. The van der Waals surface area contributed by atoms with Crippen LogP contribution in [0, 0.1) is 5.41 Å². The van der Waals surface area contributed by atoms with Gasteiger partial charge in [-0.25, -0.2) is 0 Å². The van der Waals surface area contributed by atoms with Crippen LogP contribution < -0.4 is 4.74 Å². The van der Waals surface area contributed by atoms with Crippen LogP contribution in [0.25, 0.3) is 0 Å². The lowest BCUT2D eigenvalue weighted by Crippen LogP contribution is -2.37. The molecule has 1 aliphatic carbocycles. The van der Waals surface area contributed by atoms with E-state index in [2.05, 4.69) is 45.0 Å². The van der Waals surface area contributed by atoms with Gasteiger partial charge in [0, 0.05) is 5.41 Å². The molecule has 0 saturated heterocycles. The van der Waals surface area contributed by atoms with E-state index in [1.54, 1.807) is 0 Å². The van der Waals surface area contributed by atoms with E-state index >= 15 is 0 Å². The number of hydrogen-bond donors (Lipinski definition) is 0. The van der Waals surface area contributed by atoms with E-state index in [4.69, 9.17) is 4.74 Å². The smallest absolute Gasteiger partial charge is 0.119 e. The highest BCUT2D eigenvalue weighted by Gasteiger charge is 2.33. The molecule has 0 heterocycles. The summed E-state index contributed by atoms with van der Waals surface area (Å²) in [7, 11) is 0. The van der Waals surface area contributed by atoms with Gasteiger partial charge in [0.05, 0.1) is 0 Å². The SMILES string of the molecule is CCc1ccc(OC2CCCCC2(C)C)cc1. The van der Waals surface area contributed by atoms with Crippen molar-refractivity contribution in [1.82, 2.24) is 0 Å². The highest BCUT2D eigenvalue weighted by atomic mass is 16.5. The maximum atomic E-state index is 6.17. The van der Waals surface area contributed by atoms with Crippen LogP contribution in [0.4, 0.5) is 0 Å². The van der Waals surface area contributed by atoms with E-state index in [0.717, 1.165) is 12.2 Å². The van der Waals surface area contributed by atoms with Crippen LogP contribution in [0.1, 0.15) is 52.0 Å². The Morgan fingerprint density at radius 1 is 1.18 bits per heavy atom. The van der Waals surface area contributed by atoms with Gasteiger partial charge in [-0.1, -0.05) is 39.3 Å². The molecule has 0 aromatic heterocycles. The molecule has 0 N–H and O–H groups in total. The number of benzene rings is 1. The quantitative estimate of drug-likeness (QED) is 0.740. The monoisotopic (exact) mass is 232 g/mol. The van der Waals surface area contributed by atoms with Gasteiger partial charge >= 0.3 is 0 Å². The minimum absolute atomic E-state index is 0.321. The van der Waals surface area contributed by atoms with Gasteiger partial charge < -0.3 is 4.74 Å². The van der Waals surface area contributed by atoms with Crippen LogP contribution >= 0.6 is 0 Å². The molecular formula is C16H24O. The Kier molecular flexibility index (Phi) is 3.76. The van der Waals surface area contributed by atoms with E-state index in [9.17, 15) is 0 Å². The summed E-state index contributed by atoms with van der Waals surface area (Å²) in [5.41, 5.74) is 1.70. The van der Waals surface area contributed by atoms with E-state index in [0.29, 0.717) is 11.5 Å². The Morgan fingerprint density at radius 3 is 2.47 bits per heavy atom. The molecule has 1 aliphatic rings. The highest BCUT2D eigenvalue weighted by molar-refractivity contribution is 5.27. The van der Waals surface area contributed by atoms with Crippen molar-refractivity contribution in [3.05, 3.63) is 29.8 Å². The largest absolute Gasteiger partial charge is 0.490 e. The fraction of sp³-hybridized carbons (Fsp3) is 0.625. The molecule has 94 valence electrons. The molecule has 1 heteroatoms. The molecule has 17 heavy (non-hydrogen) atoms.